The maximum Gasteiger partial charge on any atom is 0.146 e. The molecule has 56 heavy (non-hydrogen) atoms. The van der Waals surface area contributed by atoms with Gasteiger partial charge in [0.05, 0.1) is 27.7 Å². The molecule has 262 valence electrons. The lowest BCUT2D eigenvalue weighted by atomic mass is 9.63. The molecule has 0 aliphatic carbocycles. The highest BCUT2D eigenvalue weighted by Crippen LogP contribution is 2.54. The molecule has 0 amide bonds. The van der Waals surface area contributed by atoms with Crippen molar-refractivity contribution in [2.45, 2.75) is 5.41 Å². The van der Waals surface area contributed by atoms with Crippen LogP contribution < -0.4 is 4.74 Å². The number of nitrogens with zero attached hydrogens (tertiary/aromatic N) is 4. The van der Waals surface area contributed by atoms with Gasteiger partial charge in [-0.1, -0.05) is 133 Å². The third-order valence-corrected chi connectivity index (χ3v) is 11.7. The van der Waals surface area contributed by atoms with Crippen LogP contribution in [0.3, 0.4) is 0 Å². The number of hydrogen-bond acceptors (Lipinski definition) is 3. The molecule has 11 aromatic rings. The molecule has 0 bridgehead atoms. The Labute approximate surface area is 322 Å². The Morgan fingerprint density at radius 1 is 0.482 bits per heavy atom. The SMILES string of the molecule is c1ccc(-c2cn3c4ccccc4c4ccc(Oc5ccc6c7cccc8c7n(c6c5)-c5ncccc5C8(c5ccccc5)c5ccccc5)cc4c3n2)cc1. The van der Waals surface area contributed by atoms with Gasteiger partial charge in [0.15, 0.2) is 0 Å². The fourth-order valence-corrected chi connectivity index (χ4v) is 9.37. The number of fused-ring (bicyclic) bond motifs is 11. The van der Waals surface area contributed by atoms with Gasteiger partial charge in [0.25, 0.3) is 0 Å². The molecule has 0 unspecified atom stereocenters. The van der Waals surface area contributed by atoms with E-state index in [1.807, 2.05) is 12.3 Å². The molecule has 7 aromatic carbocycles. The van der Waals surface area contributed by atoms with E-state index in [2.05, 4.69) is 191 Å². The summed E-state index contributed by atoms with van der Waals surface area (Å²) in [5.74, 6) is 2.42. The Hall–Kier alpha value is -7.50. The minimum Gasteiger partial charge on any atom is -0.457 e. The topological polar surface area (TPSA) is 44.4 Å². The maximum absolute atomic E-state index is 6.79. The highest BCUT2D eigenvalue weighted by molar-refractivity contribution is 6.13. The number of para-hydroxylation sites is 2. The van der Waals surface area contributed by atoms with Crippen LogP contribution in [0.1, 0.15) is 22.3 Å². The zero-order valence-electron chi connectivity index (χ0n) is 30.2. The third-order valence-electron chi connectivity index (χ3n) is 11.7. The quantitative estimate of drug-likeness (QED) is 0.167. The van der Waals surface area contributed by atoms with Gasteiger partial charge in [-0.3, -0.25) is 8.97 Å². The number of hydrogen-bond donors (Lipinski definition) is 0. The van der Waals surface area contributed by atoms with Crippen molar-refractivity contribution in [1.29, 1.82) is 0 Å². The van der Waals surface area contributed by atoms with Crippen LogP contribution in [0.5, 0.6) is 11.5 Å². The van der Waals surface area contributed by atoms with Crippen LogP contribution in [0.25, 0.3) is 66.2 Å². The first kappa shape index (κ1) is 30.9. The van der Waals surface area contributed by atoms with E-state index in [4.69, 9.17) is 14.7 Å². The third kappa shape index (κ3) is 4.25. The predicted octanol–water partition coefficient (Wildman–Crippen LogP) is 12.3. The van der Waals surface area contributed by atoms with E-state index in [0.29, 0.717) is 0 Å². The van der Waals surface area contributed by atoms with Gasteiger partial charge in [0.1, 0.15) is 23.0 Å². The number of imidazole rings is 1. The molecule has 0 saturated heterocycles. The standard InChI is InChI=1S/C51H32N4O/c1-4-14-33(15-5-1)45-32-54-46-24-11-10-20-39(46)38-27-25-36(30-42(38)49(54)53-45)56-37-26-28-40-41-21-12-22-43-48(41)55(47(40)31-37)50-44(23-13-29-52-50)51(43,34-16-6-2-7-17-34)35-18-8-3-9-19-35/h1-32H. The zero-order chi connectivity index (χ0) is 36.8. The van der Waals surface area contributed by atoms with Crippen molar-refractivity contribution >= 4 is 49.1 Å². The number of aromatic nitrogens is 4. The van der Waals surface area contributed by atoms with Crippen LogP contribution in [0, 0.1) is 0 Å². The molecule has 0 radical (unpaired) electrons. The van der Waals surface area contributed by atoms with Crippen LogP contribution in [-0.2, 0) is 5.41 Å². The summed E-state index contributed by atoms with van der Waals surface area (Å²) in [4.78, 5) is 10.3. The molecule has 5 heterocycles. The average molecular weight is 717 g/mol. The molecule has 4 aromatic heterocycles. The van der Waals surface area contributed by atoms with Gasteiger partial charge in [-0.2, -0.15) is 0 Å². The summed E-state index contributed by atoms with van der Waals surface area (Å²) in [6.45, 7) is 0. The fraction of sp³-hybridized carbons (Fsp3) is 0.0196. The summed E-state index contributed by atoms with van der Waals surface area (Å²) >= 11 is 0. The van der Waals surface area contributed by atoms with Crippen LogP contribution in [0.15, 0.2) is 194 Å². The van der Waals surface area contributed by atoms with E-state index >= 15 is 0 Å². The molecule has 12 rings (SSSR count). The lowest BCUT2D eigenvalue weighted by Crippen LogP contribution is -2.35. The second-order valence-electron chi connectivity index (χ2n) is 14.6. The van der Waals surface area contributed by atoms with E-state index in [9.17, 15) is 0 Å². The largest absolute Gasteiger partial charge is 0.457 e. The molecule has 5 heteroatoms. The van der Waals surface area contributed by atoms with Crippen LogP contribution in [0.2, 0.25) is 0 Å². The fourth-order valence-electron chi connectivity index (χ4n) is 9.37. The summed E-state index contributed by atoms with van der Waals surface area (Å²) in [5, 5.41) is 5.68. The van der Waals surface area contributed by atoms with Crippen molar-refractivity contribution in [1.82, 2.24) is 18.9 Å². The molecule has 0 fully saturated rings. The number of benzene rings is 7. The van der Waals surface area contributed by atoms with E-state index in [1.54, 1.807) is 0 Å². The Kier molecular flexibility index (Phi) is 6.48. The highest BCUT2D eigenvalue weighted by atomic mass is 16.5. The van der Waals surface area contributed by atoms with Crippen molar-refractivity contribution in [3.8, 4) is 28.6 Å². The minimum atomic E-state index is -0.566. The molecular weight excluding hydrogens is 685 g/mol. The maximum atomic E-state index is 6.79. The summed E-state index contributed by atoms with van der Waals surface area (Å²) in [7, 11) is 0. The first-order chi connectivity index (χ1) is 27.8. The molecule has 1 aliphatic rings. The molecular formula is C51H32N4O. The van der Waals surface area contributed by atoms with E-state index < -0.39 is 5.41 Å². The summed E-state index contributed by atoms with van der Waals surface area (Å²) < 4.78 is 11.3. The van der Waals surface area contributed by atoms with Crippen LogP contribution >= 0.6 is 0 Å². The molecule has 0 N–H and O–H groups in total. The first-order valence-corrected chi connectivity index (χ1v) is 19.0. The number of ether oxygens (including phenoxy) is 1. The number of rotatable bonds is 5. The van der Waals surface area contributed by atoms with Crippen LogP contribution in [0.4, 0.5) is 0 Å². The van der Waals surface area contributed by atoms with Crippen molar-refractivity contribution in [3.63, 3.8) is 0 Å². The second-order valence-corrected chi connectivity index (χ2v) is 14.6. The van der Waals surface area contributed by atoms with E-state index in [0.717, 1.165) is 72.5 Å². The lowest BCUT2D eigenvalue weighted by molar-refractivity contribution is 0.484. The van der Waals surface area contributed by atoms with Gasteiger partial charge in [0, 0.05) is 51.1 Å². The minimum absolute atomic E-state index is 0.566. The van der Waals surface area contributed by atoms with Crippen molar-refractivity contribution in [2.75, 3.05) is 0 Å². The summed E-state index contributed by atoms with van der Waals surface area (Å²) in [5.41, 5.74) is 10.5. The summed E-state index contributed by atoms with van der Waals surface area (Å²) in [6.07, 6.45) is 4.05. The summed E-state index contributed by atoms with van der Waals surface area (Å²) in [6, 6.07) is 64.5. The van der Waals surface area contributed by atoms with E-state index in [1.165, 1.54) is 27.5 Å². The normalized spacial score (nSPS) is 13.1. The second kappa shape index (κ2) is 11.7. The van der Waals surface area contributed by atoms with Gasteiger partial charge in [-0.25, -0.2) is 9.97 Å². The smallest absolute Gasteiger partial charge is 0.146 e. The van der Waals surface area contributed by atoms with E-state index in [-0.39, 0.29) is 0 Å². The van der Waals surface area contributed by atoms with Gasteiger partial charge < -0.3 is 4.74 Å². The predicted molar refractivity (Wildman–Crippen MR) is 226 cm³/mol. The van der Waals surface area contributed by atoms with Crippen molar-refractivity contribution in [3.05, 3.63) is 217 Å². The van der Waals surface area contributed by atoms with Crippen molar-refractivity contribution < 1.29 is 4.74 Å². The monoisotopic (exact) mass is 716 g/mol. The number of pyridine rings is 2. The molecule has 0 saturated carbocycles. The molecule has 5 nitrogen and oxygen atoms in total. The Morgan fingerprint density at radius 2 is 1.12 bits per heavy atom. The molecule has 0 atom stereocenters. The van der Waals surface area contributed by atoms with Gasteiger partial charge >= 0.3 is 0 Å². The van der Waals surface area contributed by atoms with Crippen molar-refractivity contribution in [2.24, 2.45) is 0 Å². The Balaban J connectivity index is 1.06. The van der Waals surface area contributed by atoms with Gasteiger partial charge in [0.2, 0.25) is 0 Å². The van der Waals surface area contributed by atoms with Crippen LogP contribution in [-0.4, -0.2) is 18.9 Å². The lowest BCUT2D eigenvalue weighted by Gasteiger charge is -2.41. The van der Waals surface area contributed by atoms with Gasteiger partial charge in [-0.15, -0.1) is 0 Å². The highest BCUT2D eigenvalue weighted by Gasteiger charge is 2.45. The Bertz CT molecular complexity index is 3290. The van der Waals surface area contributed by atoms with Gasteiger partial charge in [-0.05, 0) is 64.5 Å². The first-order valence-electron chi connectivity index (χ1n) is 19.0. The molecule has 1 aliphatic heterocycles. The molecule has 0 spiro atoms. The average Bonchev–Trinajstić information content (AvgIpc) is 3.87. The zero-order valence-corrected chi connectivity index (χ0v) is 30.2. The Morgan fingerprint density at radius 3 is 1.91 bits per heavy atom.